The van der Waals surface area contributed by atoms with Crippen LogP contribution in [-0.4, -0.2) is 20.9 Å². The number of fused-ring (bicyclic) bond motifs is 1. The number of thiophene rings is 1. The summed E-state index contributed by atoms with van der Waals surface area (Å²) in [6.45, 7) is 1.61. The van der Waals surface area contributed by atoms with Crippen molar-refractivity contribution < 1.29 is 4.79 Å². The minimum atomic E-state index is -0.819. The Morgan fingerprint density at radius 3 is 2.57 bits per heavy atom. The van der Waals surface area contributed by atoms with Crippen LogP contribution >= 0.6 is 22.9 Å². The molecule has 0 saturated carbocycles. The van der Waals surface area contributed by atoms with Crippen molar-refractivity contribution in [3.8, 4) is 10.4 Å². The predicted molar refractivity (Wildman–Crippen MR) is 112 cm³/mol. The number of hydrogen-bond donors (Lipinski definition) is 1. The van der Waals surface area contributed by atoms with Gasteiger partial charge >= 0.3 is 0 Å². The monoisotopic (exact) mass is 410 g/mol. The first-order chi connectivity index (χ1) is 13.5. The lowest BCUT2D eigenvalue weighted by Gasteiger charge is -2.13. The lowest BCUT2D eigenvalue weighted by atomic mass is 10.2. The molecule has 0 aliphatic heterocycles. The number of carbonyl (C=O) groups excluding carboxylic acids is 1. The van der Waals surface area contributed by atoms with Crippen molar-refractivity contribution in [1.82, 2.24) is 15.0 Å². The maximum absolute atomic E-state index is 12.9. The van der Waals surface area contributed by atoms with Gasteiger partial charge in [-0.1, -0.05) is 47.1 Å². The molecule has 8 heteroatoms. The van der Waals surface area contributed by atoms with Crippen molar-refractivity contribution in [1.29, 1.82) is 0 Å². The average Bonchev–Trinajstić information content (AvgIpc) is 3.15. The average molecular weight is 411 g/mol. The van der Waals surface area contributed by atoms with E-state index >= 15 is 0 Å². The van der Waals surface area contributed by atoms with Crippen LogP contribution in [-0.2, 0) is 4.79 Å². The molecule has 0 fully saturated rings. The smallest absolute Gasteiger partial charge is 0.279 e. The molecule has 0 radical (unpaired) electrons. The lowest BCUT2D eigenvalue weighted by Crippen LogP contribution is -2.33. The number of aromatic nitrogens is 3. The van der Waals surface area contributed by atoms with Crippen molar-refractivity contribution in [2.45, 2.75) is 13.0 Å². The van der Waals surface area contributed by atoms with Crippen molar-refractivity contribution >= 4 is 44.7 Å². The Morgan fingerprint density at radius 2 is 1.86 bits per heavy atom. The van der Waals surface area contributed by atoms with Gasteiger partial charge in [-0.25, -0.2) is 0 Å². The molecule has 4 aromatic rings. The fourth-order valence-corrected chi connectivity index (χ4v) is 3.85. The number of nitrogens with zero attached hydrogens (tertiary/aromatic N) is 3. The maximum Gasteiger partial charge on any atom is 0.279 e. The highest BCUT2D eigenvalue weighted by Gasteiger charge is 2.20. The Labute approximate surface area is 169 Å². The van der Waals surface area contributed by atoms with Gasteiger partial charge in [0.25, 0.3) is 5.56 Å². The number of halogens is 1. The van der Waals surface area contributed by atoms with Crippen LogP contribution in [0, 0.1) is 0 Å². The molecule has 0 saturated heterocycles. The van der Waals surface area contributed by atoms with Gasteiger partial charge in [0.15, 0.2) is 4.83 Å². The Morgan fingerprint density at radius 1 is 1.14 bits per heavy atom. The standard InChI is InChI=1S/C20H15ClN4O2S/c1-12(18(26)22-15-9-7-14(21)8-10-15)25-20(27)16-11-17(28-19(16)23-24-25)13-5-3-2-4-6-13/h2-12H,1H3,(H,22,26). The van der Waals surface area contributed by atoms with Crippen LogP contribution in [0.5, 0.6) is 0 Å². The second kappa shape index (κ2) is 7.53. The zero-order valence-corrected chi connectivity index (χ0v) is 16.4. The number of anilines is 1. The first-order valence-corrected chi connectivity index (χ1v) is 9.73. The second-order valence-corrected chi connectivity index (χ2v) is 7.67. The highest BCUT2D eigenvalue weighted by atomic mass is 35.5. The Hall–Kier alpha value is -3.03. The molecule has 2 heterocycles. The topological polar surface area (TPSA) is 76.9 Å². The number of nitrogens with one attached hydrogen (secondary N) is 1. The van der Waals surface area contributed by atoms with E-state index < -0.39 is 6.04 Å². The van der Waals surface area contributed by atoms with E-state index in [1.54, 1.807) is 37.3 Å². The molecule has 1 unspecified atom stereocenters. The summed E-state index contributed by atoms with van der Waals surface area (Å²) in [4.78, 5) is 26.9. The maximum atomic E-state index is 12.9. The van der Waals surface area contributed by atoms with E-state index in [0.29, 0.717) is 20.9 Å². The summed E-state index contributed by atoms with van der Waals surface area (Å²) in [6.07, 6.45) is 0. The van der Waals surface area contributed by atoms with Crippen molar-refractivity contribution in [2.75, 3.05) is 5.32 Å². The van der Waals surface area contributed by atoms with Gasteiger partial charge in [-0.3, -0.25) is 9.59 Å². The highest BCUT2D eigenvalue weighted by Crippen LogP contribution is 2.30. The van der Waals surface area contributed by atoms with Crippen molar-refractivity contribution in [3.05, 3.63) is 76.0 Å². The van der Waals surface area contributed by atoms with Crippen molar-refractivity contribution in [3.63, 3.8) is 0 Å². The van der Waals surface area contributed by atoms with Gasteiger partial charge < -0.3 is 5.32 Å². The fraction of sp³-hybridized carbons (Fsp3) is 0.100. The van der Waals surface area contributed by atoms with Crippen LogP contribution in [0.4, 0.5) is 5.69 Å². The summed E-state index contributed by atoms with van der Waals surface area (Å²) in [5.41, 5.74) is 1.25. The van der Waals surface area contributed by atoms with Gasteiger partial charge in [0, 0.05) is 15.6 Å². The van der Waals surface area contributed by atoms with Gasteiger partial charge in [-0.05, 0) is 42.8 Å². The minimum absolute atomic E-state index is 0.345. The first kappa shape index (κ1) is 18.3. The number of rotatable bonds is 4. The molecule has 0 aliphatic carbocycles. The largest absolute Gasteiger partial charge is 0.324 e. The molecule has 6 nitrogen and oxygen atoms in total. The third-order valence-electron chi connectivity index (χ3n) is 4.30. The van der Waals surface area contributed by atoms with Crippen LogP contribution in [0.2, 0.25) is 5.02 Å². The molecule has 4 rings (SSSR count). The molecule has 2 aromatic carbocycles. The third-order valence-corrected chi connectivity index (χ3v) is 5.62. The lowest BCUT2D eigenvalue weighted by molar-refractivity contribution is -0.119. The Balaban J connectivity index is 1.64. The van der Waals surface area contributed by atoms with E-state index in [-0.39, 0.29) is 11.5 Å². The first-order valence-electron chi connectivity index (χ1n) is 8.54. The van der Waals surface area contributed by atoms with E-state index in [0.717, 1.165) is 15.1 Å². The van der Waals surface area contributed by atoms with Crippen molar-refractivity contribution in [2.24, 2.45) is 0 Å². The summed E-state index contributed by atoms with van der Waals surface area (Å²) in [6, 6.07) is 17.5. The zero-order chi connectivity index (χ0) is 19.7. The highest BCUT2D eigenvalue weighted by molar-refractivity contribution is 7.21. The van der Waals surface area contributed by atoms with E-state index in [4.69, 9.17) is 11.6 Å². The minimum Gasteiger partial charge on any atom is -0.324 e. The molecule has 2 aromatic heterocycles. The number of benzene rings is 2. The zero-order valence-electron chi connectivity index (χ0n) is 14.8. The quantitative estimate of drug-likeness (QED) is 0.541. The summed E-state index contributed by atoms with van der Waals surface area (Å²) in [5, 5.41) is 11.9. The Kier molecular flexibility index (Phi) is 4.93. The van der Waals surface area contributed by atoms with Gasteiger partial charge in [0.1, 0.15) is 6.04 Å². The van der Waals surface area contributed by atoms with E-state index in [9.17, 15) is 9.59 Å². The molecule has 1 atom stereocenters. The third kappa shape index (κ3) is 3.54. The van der Waals surface area contributed by atoms with Crippen LogP contribution < -0.4 is 10.9 Å². The molecule has 0 aliphatic rings. The van der Waals surface area contributed by atoms with Gasteiger partial charge in [-0.15, -0.1) is 16.4 Å². The molecular weight excluding hydrogens is 396 g/mol. The van der Waals surface area contributed by atoms with Crippen LogP contribution in [0.1, 0.15) is 13.0 Å². The number of amides is 1. The second-order valence-electron chi connectivity index (χ2n) is 6.21. The molecular formula is C20H15ClN4O2S. The van der Waals surface area contributed by atoms with E-state index in [1.807, 2.05) is 30.3 Å². The van der Waals surface area contributed by atoms with Crippen LogP contribution in [0.3, 0.4) is 0 Å². The summed E-state index contributed by atoms with van der Waals surface area (Å²) in [5.74, 6) is -0.364. The van der Waals surface area contributed by atoms with Gasteiger partial charge in [0.2, 0.25) is 5.91 Å². The molecule has 0 bridgehead atoms. The SMILES string of the molecule is CC(C(=O)Nc1ccc(Cl)cc1)n1nnc2sc(-c3ccccc3)cc2c1=O. The molecule has 28 heavy (non-hydrogen) atoms. The molecule has 0 spiro atoms. The molecule has 1 N–H and O–H groups in total. The predicted octanol–water partition coefficient (Wildman–Crippen LogP) is 4.37. The fourth-order valence-electron chi connectivity index (χ4n) is 2.75. The van der Waals surface area contributed by atoms with Crippen LogP contribution in [0.25, 0.3) is 20.7 Å². The Bertz CT molecular complexity index is 1200. The molecule has 1 amide bonds. The molecule has 140 valence electrons. The van der Waals surface area contributed by atoms with E-state index in [2.05, 4.69) is 15.6 Å². The van der Waals surface area contributed by atoms with Gasteiger partial charge in [-0.2, -0.15) is 4.68 Å². The normalized spacial score (nSPS) is 12.1. The van der Waals surface area contributed by atoms with Crippen LogP contribution in [0.15, 0.2) is 65.5 Å². The number of hydrogen-bond acceptors (Lipinski definition) is 5. The summed E-state index contributed by atoms with van der Waals surface area (Å²) < 4.78 is 1.11. The van der Waals surface area contributed by atoms with E-state index in [1.165, 1.54) is 11.3 Å². The summed E-state index contributed by atoms with van der Waals surface area (Å²) in [7, 11) is 0. The van der Waals surface area contributed by atoms with Gasteiger partial charge in [0.05, 0.1) is 5.39 Å². The summed E-state index contributed by atoms with van der Waals surface area (Å²) >= 11 is 7.25. The number of carbonyl (C=O) groups is 1.